The molecule has 2 atom stereocenters. The van der Waals surface area contributed by atoms with Gasteiger partial charge in [-0.1, -0.05) is 20.8 Å². The van der Waals surface area contributed by atoms with Crippen LogP contribution in [0, 0.1) is 11.3 Å². The molecule has 0 aliphatic carbocycles. The summed E-state index contributed by atoms with van der Waals surface area (Å²) in [6, 6.07) is 0. The molecule has 0 aliphatic heterocycles. The van der Waals surface area contributed by atoms with Crippen LogP contribution in [0.25, 0.3) is 0 Å². The van der Waals surface area contributed by atoms with E-state index in [0.717, 1.165) is 6.92 Å². The molecular formula is C10H18F2O2. The number of carbonyl (C=O) groups is 1. The number of rotatable bonds is 5. The highest BCUT2D eigenvalue weighted by Gasteiger charge is 2.56. The van der Waals surface area contributed by atoms with E-state index < -0.39 is 23.2 Å². The Morgan fingerprint density at radius 3 is 2.07 bits per heavy atom. The van der Waals surface area contributed by atoms with Gasteiger partial charge in [0.25, 0.3) is 5.92 Å². The molecule has 84 valence electrons. The minimum absolute atomic E-state index is 0.0698. The third-order valence-electron chi connectivity index (χ3n) is 3.15. The highest BCUT2D eigenvalue weighted by atomic mass is 19.3. The molecule has 0 spiro atoms. The minimum Gasteiger partial charge on any atom is -0.481 e. The first-order valence-corrected chi connectivity index (χ1v) is 4.85. The van der Waals surface area contributed by atoms with Crippen molar-refractivity contribution in [2.45, 2.75) is 46.5 Å². The van der Waals surface area contributed by atoms with Gasteiger partial charge in [0.2, 0.25) is 0 Å². The van der Waals surface area contributed by atoms with E-state index in [-0.39, 0.29) is 12.8 Å². The van der Waals surface area contributed by atoms with Crippen molar-refractivity contribution in [2.75, 3.05) is 0 Å². The molecule has 14 heavy (non-hydrogen) atoms. The second-order valence-electron chi connectivity index (χ2n) is 3.92. The predicted molar refractivity (Wildman–Crippen MR) is 50.4 cm³/mol. The molecule has 0 aromatic heterocycles. The van der Waals surface area contributed by atoms with E-state index in [1.54, 1.807) is 6.92 Å². The second kappa shape index (κ2) is 4.24. The lowest BCUT2D eigenvalue weighted by atomic mass is 9.74. The van der Waals surface area contributed by atoms with E-state index in [9.17, 15) is 13.6 Å². The zero-order valence-corrected chi connectivity index (χ0v) is 9.10. The summed E-state index contributed by atoms with van der Waals surface area (Å²) in [6.07, 6.45) is 0.204. The van der Waals surface area contributed by atoms with Crippen molar-refractivity contribution in [2.24, 2.45) is 11.3 Å². The van der Waals surface area contributed by atoms with Gasteiger partial charge in [-0.05, 0) is 19.8 Å². The Morgan fingerprint density at radius 2 is 1.86 bits per heavy atom. The van der Waals surface area contributed by atoms with Crippen molar-refractivity contribution >= 4 is 5.97 Å². The molecule has 0 rings (SSSR count). The number of aliphatic carboxylic acids is 1. The lowest BCUT2D eigenvalue weighted by Crippen LogP contribution is -2.48. The van der Waals surface area contributed by atoms with Crippen LogP contribution in [0.2, 0.25) is 0 Å². The van der Waals surface area contributed by atoms with Gasteiger partial charge in [0.05, 0.1) is 0 Å². The maximum absolute atomic E-state index is 13.7. The SMILES string of the molecule is CCC(C)C(F)(F)C(C)(CC)C(=O)O. The zero-order chi connectivity index (χ0) is 11.6. The van der Waals surface area contributed by atoms with Gasteiger partial charge in [-0.25, -0.2) is 8.78 Å². The fourth-order valence-corrected chi connectivity index (χ4v) is 1.33. The van der Waals surface area contributed by atoms with E-state index in [1.165, 1.54) is 13.8 Å². The smallest absolute Gasteiger partial charge is 0.315 e. The highest BCUT2D eigenvalue weighted by Crippen LogP contribution is 2.45. The molecule has 0 fully saturated rings. The number of alkyl halides is 2. The molecule has 0 radical (unpaired) electrons. The number of carboxylic acids is 1. The topological polar surface area (TPSA) is 37.3 Å². The highest BCUT2D eigenvalue weighted by molar-refractivity contribution is 5.75. The fourth-order valence-electron chi connectivity index (χ4n) is 1.33. The molecule has 0 heterocycles. The summed E-state index contributed by atoms with van der Waals surface area (Å²) >= 11 is 0. The Bertz CT molecular complexity index is 216. The number of hydrogen-bond acceptors (Lipinski definition) is 1. The third-order valence-corrected chi connectivity index (χ3v) is 3.15. The molecule has 0 aromatic carbocycles. The first kappa shape index (κ1) is 13.3. The maximum Gasteiger partial charge on any atom is 0.315 e. The minimum atomic E-state index is -3.16. The van der Waals surface area contributed by atoms with E-state index in [1.807, 2.05) is 0 Å². The van der Waals surface area contributed by atoms with Crippen molar-refractivity contribution in [1.29, 1.82) is 0 Å². The van der Waals surface area contributed by atoms with Gasteiger partial charge in [0.15, 0.2) is 0 Å². The molecule has 4 heteroatoms. The van der Waals surface area contributed by atoms with Crippen LogP contribution < -0.4 is 0 Å². The number of halogens is 2. The molecule has 0 saturated carbocycles. The largest absolute Gasteiger partial charge is 0.481 e. The van der Waals surface area contributed by atoms with Crippen molar-refractivity contribution < 1.29 is 18.7 Å². The molecule has 0 bridgehead atoms. The van der Waals surface area contributed by atoms with Crippen molar-refractivity contribution in [3.63, 3.8) is 0 Å². The molecule has 2 nitrogen and oxygen atoms in total. The second-order valence-corrected chi connectivity index (χ2v) is 3.92. The first-order chi connectivity index (χ1) is 6.24. The van der Waals surface area contributed by atoms with Crippen LogP contribution in [0.15, 0.2) is 0 Å². The van der Waals surface area contributed by atoms with Gasteiger partial charge in [-0.15, -0.1) is 0 Å². The third kappa shape index (κ3) is 1.88. The average Bonchev–Trinajstić information content (AvgIpc) is 2.14. The van der Waals surface area contributed by atoms with Gasteiger partial charge in [0, 0.05) is 5.92 Å². The summed E-state index contributed by atoms with van der Waals surface area (Å²) in [4.78, 5) is 10.8. The van der Waals surface area contributed by atoms with Crippen molar-refractivity contribution in [1.82, 2.24) is 0 Å². The first-order valence-electron chi connectivity index (χ1n) is 4.85. The summed E-state index contributed by atoms with van der Waals surface area (Å²) in [5.74, 6) is -5.50. The van der Waals surface area contributed by atoms with E-state index >= 15 is 0 Å². The quantitative estimate of drug-likeness (QED) is 0.753. The van der Waals surface area contributed by atoms with E-state index in [0.29, 0.717) is 0 Å². The number of carboxylic acid groups (broad SMARTS) is 1. The normalized spacial score (nSPS) is 18.7. The molecular weight excluding hydrogens is 190 g/mol. The molecule has 1 N–H and O–H groups in total. The Morgan fingerprint density at radius 1 is 1.43 bits per heavy atom. The summed E-state index contributed by atoms with van der Waals surface area (Å²) < 4.78 is 27.5. The van der Waals surface area contributed by atoms with E-state index in [4.69, 9.17) is 5.11 Å². The number of hydrogen-bond donors (Lipinski definition) is 1. The molecule has 0 aromatic rings. The Balaban J connectivity index is 5.10. The monoisotopic (exact) mass is 208 g/mol. The van der Waals surface area contributed by atoms with Crippen LogP contribution in [0.3, 0.4) is 0 Å². The van der Waals surface area contributed by atoms with Gasteiger partial charge < -0.3 is 5.11 Å². The van der Waals surface area contributed by atoms with Crippen LogP contribution in [-0.4, -0.2) is 17.0 Å². The molecule has 0 amide bonds. The van der Waals surface area contributed by atoms with Gasteiger partial charge in [0.1, 0.15) is 5.41 Å². The van der Waals surface area contributed by atoms with Crippen molar-refractivity contribution in [3.8, 4) is 0 Å². The average molecular weight is 208 g/mol. The van der Waals surface area contributed by atoms with Gasteiger partial charge >= 0.3 is 5.97 Å². The van der Waals surface area contributed by atoms with Crippen LogP contribution in [-0.2, 0) is 4.79 Å². The summed E-state index contributed by atoms with van der Waals surface area (Å²) in [7, 11) is 0. The maximum atomic E-state index is 13.7. The Labute approximate surface area is 83.3 Å². The zero-order valence-electron chi connectivity index (χ0n) is 9.10. The van der Waals surface area contributed by atoms with Crippen LogP contribution >= 0.6 is 0 Å². The van der Waals surface area contributed by atoms with Crippen LogP contribution in [0.1, 0.15) is 40.5 Å². The Hall–Kier alpha value is -0.670. The fraction of sp³-hybridized carbons (Fsp3) is 0.900. The summed E-state index contributed by atoms with van der Waals surface area (Å²) in [5, 5.41) is 8.83. The van der Waals surface area contributed by atoms with Gasteiger partial charge in [-0.2, -0.15) is 0 Å². The van der Waals surface area contributed by atoms with Gasteiger partial charge in [-0.3, -0.25) is 4.79 Å². The summed E-state index contributed by atoms with van der Waals surface area (Å²) in [5.41, 5.74) is -1.96. The lowest BCUT2D eigenvalue weighted by molar-refractivity contribution is -0.190. The predicted octanol–water partition coefficient (Wildman–Crippen LogP) is 3.17. The lowest BCUT2D eigenvalue weighted by Gasteiger charge is -2.36. The van der Waals surface area contributed by atoms with Crippen LogP contribution in [0.5, 0.6) is 0 Å². The Kier molecular flexibility index (Phi) is 4.03. The summed E-state index contributed by atoms with van der Waals surface area (Å²) in [6.45, 7) is 5.61. The van der Waals surface area contributed by atoms with Crippen molar-refractivity contribution in [3.05, 3.63) is 0 Å². The standard InChI is InChI=1S/C10H18F2O2/c1-5-7(3)10(11,12)9(4,6-2)8(13)14/h7H,5-6H2,1-4H3,(H,13,14). The molecule has 2 unspecified atom stereocenters. The molecule has 0 aliphatic rings. The van der Waals surface area contributed by atoms with Crippen LogP contribution in [0.4, 0.5) is 8.78 Å². The molecule has 0 saturated heterocycles. The van der Waals surface area contributed by atoms with E-state index in [2.05, 4.69) is 0 Å².